The van der Waals surface area contributed by atoms with E-state index < -0.39 is 0 Å². The molecule has 2 saturated heterocycles. The second kappa shape index (κ2) is 9.82. The molecule has 0 radical (unpaired) electrons. The van der Waals surface area contributed by atoms with E-state index in [0.717, 1.165) is 56.9 Å². The Morgan fingerprint density at radius 2 is 1.80 bits per heavy atom. The summed E-state index contributed by atoms with van der Waals surface area (Å²) in [7, 11) is 2.17. The number of hydrogen-bond acceptors (Lipinski definition) is 5. The number of anilines is 2. The van der Waals surface area contributed by atoms with Crippen LogP contribution >= 0.6 is 35.0 Å². The number of hydrogen-bond donors (Lipinski definition) is 0. The smallest absolute Gasteiger partial charge is 0.143 e. The molecule has 4 rings (SSSR count). The van der Waals surface area contributed by atoms with Gasteiger partial charge in [-0.1, -0.05) is 41.4 Å². The van der Waals surface area contributed by atoms with Crippen molar-refractivity contribution >= 4 is 52.6 Å². The summed E-state index contributed by atoms with van der Waals surface area (Å²) in [6.45, 7) is 5.06. The molecular formula is C23H27Cl2N3OS. The average Bonchev–Trinajstić information content (AvgIpc) is 2.76. The quantitative estimate of drug-likeness (QED) is 0.609. The van der Waals surface area contributed by atoms with Crippen LogP contribution in [0.2, 0.25) is 10.0 Å². The highest BCUT2D eigenvalue weighted by molar-refractivity contribution is 8.00. The Bertz CT molecular complexity index is 889. The van der Waals surface area contributed by atoms with Crippen LogP contribution in [-0.2, 0) is 11.2 Å². The van der Waals surface area contributed by atoms with Crippen molar-refractivity contribution in [2.24, 2.45) is 0 Å². The first kappa shape index (κ1) is 21.8. The number of carbonyl (C=O) groups is 1. The molecule has 30 heavy (non-hydrogen) atoms. The zero-order chi connectivity index (χ0) is 21.1. The maximum absolute atomic E-state index is 12.2. The van der Waals surface area contributed by atoms with Gasteiger partial charge in [0.25, 0.3) is 0 Å². The van der Waals surface area contributed by atoms with Gasteiger partial charge in [-0.15, -0.1) is 0 Å². The average molecular weight is 464 g/mol. The topological polar surface area (TPSA) is 26.8 Å². The molecular weight excluding hydrogens is 437 g/mol. The van der Waals surface area contributed by atoms with Gasteiger partial charge < -0.3 is 19.5 Å². The van der Waals surface area contributed by atoms with Crippen LogP contribution in [0, 0.1) is 0 Å². The second-order valence-electron chi connectivity index (χ2n) is 7.95. The molecule has 2 unspecified atom stereocenters. The Labute approximate surface area is 193 Å². The Morgan fingerprint density at radius 1 is 1.03 bits per heavy atom. The standard InChI is InChI=1S/C23H27Cl2N3OS/c1-26-8-10-27(11-9-26)21-5-3-2-4-17(21)14-23-22(16-29)28(12-13-30-23)18-6-7-19(24)20(25)15-18/h2-7,15-16,22-23H,8-14H2,1H3. The van der Waals surface area contributed by atoms with E-state index in [-0.39, 0.29) is 11.3 Å². The minimum absolute atomic E-state index is 0.193. The third-order valence-corrected chi connectivity index (χ3v) is 8.07. The molecule has 2 fully saturated rings. The number of para-hydroxylation sites is 1. The molecule has 2 aliphatic heterocycles. The number of rotatable bonds is 5. The summed E-state index contributed by atoms with van der Waals surface area (Å²) in [5, 5.41) is 1.25. The van der Waals surface area contributed by atoms with Gasteiger partial charge in [-0.3, -0.25) is 0 Å². The van der Waals surface area contributed by atoms with E-state index in [9.17, 15) is 4.79 Å². The van der Waals surface area contributed by atoms with Gasteiger partial charge in [-0.25, -0.2) is 0 Å². The molecule has 2 aromatic carbocycles. The largest absolute Gasteiger partial charge is 0.369 e. The van der Waals surface area contributed by atoms with Crippen LogP contribution in [0.25, 0.3) is 0 Å². The minimum atomic E-state index is -0.193. The fourth-order valence-corrected chi connectivity index (χ4v) is 5.92. The Balaban J connectivity index is 1.55. The highest BCUT2D eigenvalue weighted by Crippen LogP contribution is 2.35. The summed E-state index contributed by atoms with van der Waals surface area (Å²) < 4.78 is 0. The monoisotopic (exact) mass is 463 g/mol. The number of aldehydes is 1. The van der Waals surface area contributed by atoms with Crippen LogP contribution in [0.4, 0.5) is 11.4 Å². The summed E-state index contributed by atoms with van der Waals surface area (Å²) >= 11 is 14.2. The molecule has 0 spiro atoms. The number of halogens is 2. The highest BCUT2D eigenvalue weighted by Gasteiger charge is 2.33. The van der Waals surface area contributed by atoms with Crippen LogP contribution in [-0.4, -0.2) is 68.0 Å². The molecule has 0 N–H and O–H groups in total. The Kier molecular flexibility index (Phi) is 7.14. The fraction of sp³-hybridized carbons (Fsp3) is 0.435. The highest BCUT2D eigenvalue weighted by atomic mass is 35.5. The number of thioether (sulfide) groups is 1. The Hall–Kier alpha value is -1.40. The molecule has 0 aromatic heterocycles. The SMILES string of the molecule is CN1CCN(c2ccccc2CC2SCCN(c3ccc(Cl)c(Cl)c3)C2C=O)CC1. The summed E-state index contributed by atoms with van der Waals surface area (Å²) in [6.07, 6.45) is 1.96. The number of nitrogens with zero attached hydrogens (tertiary/aromatic N) is 3. The van der Waals surface area contributed by atoms with Crippen LogP contribution in [0.15, 0.2) is 42.5 Å². The molecule has 2 heterocycles. The predicted molar refractivity (Wildman–Crippen MR) is 130 cm³/mol. The van der Waals surface area contributed by atoms with Crippen molar-refractivity contribution in [3.8, 4) is 0 Å². The molecule has 2 atom stereocenters. The molecule has 0 bridgehead atoms. The minimum Gasteiger partial charge on any atom is -0.369 e. The van der Waals surface area contributed by atoms with E-state index in [1.54, 1.807) is 6.07 Å². The third kappa shape index (κ3) is 4.75. The van der Waals surface area contributed by atoms with Gasteiger partial charge in [-0.05, 0) is 43.3 Å². The lowest BCUT2D eigenvalue weighted by molar-refractivity contribution is -0.109. The van der Waals surface area contributed by atoms with Gasteiger partial charge in [0, 0.05) is 55.1 Å². The summed E-state index contributed by atoms with van der Waals surface area (Å²) in [5.74, 6) is 0.978. The summed E-state index contributed by atoms with van der Waals surface area (Å²) in [6, 6.07) is 14.1. The van der Waals surface area contributed by atoms with Crippen molar-refractivity contribution in [2.45, 2.75) is 17.7 Å². The maximum atomic E-state index is 12.2. The molecule has 160 valence electrons. The van der Waals surface area contributed by atoms with Gasteiger partial charge >= 0.3 is 0 Å². The maximum Gasteiger partial charge on any atom is 0.143 e. The van der Waals surface area contributed by atoms with E-state index in [4.69, 9.17) is 23.2 Å². The van der Waals surface area contributed by atoms with E-state index in [2.05, 4.69) is 46.0 Å². The van der Waals surface area contributed by atoms with E-state index in [1.165, 1.54) is 11.3 Å². The molecule has 0 saturated carbocycles. The predicted octanol–water partition coefficient (Wildman–Crippen LogP) is 4.48. The van der Waals surface area contributed by atoms with Crippen molar-refractivity contribution < 1.29 is 4.79 Å². The van der Waals surface area contributed by atoms with Gasteiger partial charge in [0.1, 0.15) is 6.29 Å². The van der Waals surface area contributed by atoms with E-state index in [0.29, 0.717) is 10.0 Å². The van der Waals surface area contributed by atoms with Crippen molar-refractivity contribution in [3.63, 3.8) is 0 Å². The van der Waals surface area contributed by atoms with Gasteiger partial charge in [0.15, 0.2) is 0 Å². The first-order valence-corrected chi connectivity index (χ1v) is 12.2. The normalized spacial score (nSPS) is 22.9. The van der Waals surface area contributed by atoms with Crippen LogP contribution < -0.4 is 9.80 Å². The third-order valence-electron chi connectivity index (χ3n) is 6.04. The van der Waals surface area contributed by atoms with E-state index >= 15 is 0 Å². The first-order chi connectivity index (χ1) is 14.6. The zero-order valence-corrected chi connectivity index (χ0v) is 19.5. The Morgan fingerprint density at radius 3 is 2.53 bits per heavy atom. The lowest BCUT2D eigenvalue weighted by Crippen LogP contribution is -2.50. The van der Waals surface area contributed by atoms with E-state index in [1.807, 2.05) is 23.9 Å². The second-order valence-corrected chi connectivity index (χ2v) is 10.1. The summed E-state index contributed by atoms with van der Waals surface area (Å²) in [4.78, 5) is 19.2. The van der Waals surface area contributed by atoms with Gasteiger partial charge in [-0.2, -0.15) is 11.8 Å². The van der Waals surface area contributed by atoms with Gasteiger partial charge in [0.2, 0.25) is 0 Å². The molecule has 4 nitrogen and oxygen atoms in total. The van der Waals surface area contributed by atoms with Crippen LogP contribution in [0.3, 0.4) is 0 Å². The van der Waals surface area contributed by atoms with Gasteiger partial charge in [0.05, 0.1) is 16.1 Å². The lowest BCUT2D eigenvalue weighted by Gasteiger charge is -2.40. The van der Waals surface area contributed by atoms with Crippen molar-refractivity contribution in [3.05, 3.63) is 58.1 Å². The zero-order valence-electron chi connectivity index (χ0n) is 17.1. The summed E-state index contributed by atoms with van der Waals surface area (Å²) in [5.41, 5.74) is 3.59. The fourth-order valence-electron chi connectivity index (χ4n) is 4.31. The molecule has 0 aliphatic carbocycles. The van der Waals surface area contributed by atoms with Crippen molar-refractivity contribution in [1.82, 2.24) is 4.90 Å². The molecule has 0 amide bonds. The number of carbonyl (C=O) groups excluding carboxylic acids is 1. The number of piperazine rings is 1. The van der Waals surface area contributed by atoms with Crippen molar-refractivity contribution in [2.75, 3.05) is 55.3 Å². The number of benzene rings is 2. The van der Waals surface area contributed by atoms with Crippen LogP contribution in [0.1, 0.15) is 5.56 Å². The van der Waals surface area contributed by atoms with Crippen LogP contribution in [0.5, 0.6) is 0 Å². The lowest BCUT2D eigenvalue weighted by atomic mass is 10.0. The molecule has 2 aliphatic rings. The first-order valence-electron chi connectivity index (χ1n) is 10.4. The van der Waals surface area contributed by atoms with Crippen molar-refractivity contribution in [1.29, 1.82) is 0 Å². The molecule has 7 heteroatoms. The molecule has 2 aromatic rings. The number of likely N-dealkylation sites (N-methyl/N-ethyl adjacent to an activating group) is 1.